The van der Waals surface area contributed by atoms with Gasteiger partial charge < -0.3 is 4.57 Å². The fraction of sp³-hybridized carbons (Fsp3) is 0.200. The molecule has 2 aromatic heterocycles. The molecule has 4 aromatic rings. The van der Waals surface area contributed by atoms with Gasteiger partial charge in [0, 0.05) is 35.8 Å². The van der Waals surface area contributed by atoms with Crippen LogP contribution in [0.5, 0.6) is 0 Å². The number of fused-ring (bicyclic) bond motifs is 2. The predicted molar refractivity (Wildman–Crippen MR) is 116 cm³/mol. The maximum Gasteiger partial charge on any atom is 0.230 e. The van der Waals surface area contributed by atoms with Crippen molar-refractivity contribution in [3.8, 4) is 0 Å². The van der Waals surface area contributed by atoms with Crippen LogP contribution < -0.4 is 4.57 Å². The average molecular weight is 402 g/mol. The summed E-state index contributed by atoms with van der Waals surface area (Å²) in [6.45, 7) is 2.97. The van der Waals surface area contributed by atoms with Crippen molar-refractivity contribution in [1.29, 1.82) is 0 Å². The number of rotatable bonds is 3. The molecule has 0 radical (unpaired) electrons. The highest BCUT2D eigenvalue weighted by atomic mass is 35.5. The van der Waals surface area contributed by atoms with Gasteiger partial charge in [-0.1, -0.05) is 48.0 Å². The van der Waals surface area contributed by atoms with E-state index in [9.17, 15) is 4.79 Å². The lowest BCUT2D eigenvalue weighted by atomic mass is 9.87. The van der Waals surface area contributed by atoms with Gasteiger partial charge in [0.2, 0.25) is 11.8 Å². The van der Waals surface area contributed by atoms with Crippen LogP contribution in [0.25, 0.3) is 10.9 Å². The molecule has 1 aliphatic carbocycles. The highest BCUT2D eigenvalue weighted by Gasteiger charge is 2.34. The molecule has 0 spiro atoms. The minimum atomic E-state index is -0.178. The summed E-state index contributed by atoms with van der Waals surface area (Å²) < 4.78 is 4.36. The summed E-state index contributed by atoms with van der Waals surface area (Å²) in [5.74, 6) is 0.152. The van der Waals surface area contributed by atoms with Crippen LogP contribution in [0.1, 0.15) is 39.5 Å². The molecule has 29 heavy (non-hydrogen) atoms. The van der Waals surface area contributed by atoms with Crippen molar-refractivity contribution in [2.45, 2.75) is 32.4 Å². The van der Waals surface area contributed by atoms with E-state index in [0.717, 1.165) is 30.5 Å². The van der Waals surface area contributed by atoms with E-state index in [4.69, 9.17) is 11.6 Å². The Morgan fingerprint density at radius 3 is 2.79 bits per heavy atom. The summed E-state index contributed by atoms with van der Waals surface area (Å²) in [5, 5.41) is 1.81. The number of hydrogen-bond donors (Lipinski definition) is 0. The molecule has 0 bridgehead atoms. The molecule has 1 atom stereocenters. The van der Waals surface area contributed by atoms with Crippen LogP contribution in [0, 0.1) is 6.92 Å². The number of hydrogen-bond acceptors (Lipinski definition) is 1. The van der Waals surface area contributed by atoms with Crippen LogP contribution in [0.3, 0.4) is 0 Å². The fourth-order valence-corrected chi connectivity index (χ4v) is 4.59. The molecular formula is C25H22ClN2O+. The molecule has 3 nitrogen and oxygen atoms in total. The Bertz CT molecular complexity index is 1230. The number of ketones is 1. The number of carbonyl (C=O) groups is 1. The topological polar surface area (TPSA) is 25.9 Å². The minimum absolute atomic E-state index is 0.152. The van der Waals surface area contributed by atoms with Gasteiger partial charge in [0.25, 0.3) is 0 Å². The van der Waals surface area contributed by atoms with E-state index >= 15 is 0 Å². The van der Waals surface area contributed by atoms with Gasteiger partial charge in [-0.15, -0.1) is 0 Å². The number of aromatic nitrogens is 2. The van der Waals surface area contributed by atoms with Crippen LogP contribution in [0.15, 0.2) is 73.2 Å². The Hall–Kier alpha value is -2.91. The van der Waals surface area contributed by atoms with E-state index in [0.29, 0.717) is 5.02 Å². The molecule has 1 unspecified atom stereocenters. The number of aryl methyl sites for hydroxylation is 2. The minimum Gasteiger partial charge on any atom is -0.342 e. The highest BCUT2D eigenvalue weighted by Crippen LogP contribution is 2.29. The van der Waals surface area contributed by atoms with Gasteiger partial charge in [0.15, 0.2) is 12.4 Å². The Balaban J connectivity index is 1.51. The van der Waals surface area contributed by atoms with E-state index < -0.39 is 0 Å². The fourth-order valence-electron chi connectivity index (χ4n) is 4.42. The van der Waals surface area contributed by atoms with Crippen molar-refractivity contribution in [1.82, 2.24) is 4.57 Å². The third-order valence-electron chi connectivity index (χ3n) is 5.93. The number of halogens is 1. The number of pyridine rings is 1. The van der Waals surface area contributed by atoms with Crippen LogP contribution in [0.2, 0.25) is 5.02 Å². The van der Waals surface area contributed by atoms with Gasteiger partial charge in [-0.05, 0) is 42.2 Å². The average Bonchev–Trinajstić information content (AvgIpc) is 3.04. The summed E-state index contributed by atoms with van der Waals surface area (Å²) in [6.07, 6.45) is 8.07. The predicted octanol–water partition coefficient (Wildman–Crippen LogP) is 5.31. The standard InChI is InChI=1S/C25H22ClN2O/c1-17-14-28(15-18-5-3-2-4-6-18)23-11-12-27(16-22(17)23)24-10-8-19-7-9-20(26)13-21(19)25(24)29/h2-7,9,11-14,16,24H,8,10,15H2,1H3/q+1. The van der Waals surface area contributed by atoms with Crippen LogP contribution >= 0.6 is 11.6 Å². The van der Waals surface area contributed by atoms with Gasteiger partial charge in [-0.25, -0.2) is 0 Å². The molecule has 0 N–H and O–H groups in total. The molecule has 144 valence electrons. The first kappa shape index (κ1) is 18.1. The van der Waals surface area contributed by atoms with Crippen LogP contribution in [0.4, 0.5) is 0 Å². The first-order chi connectivity index (χ1) is 14.1. The lowest BCUT2D eigenvalue weighted by molar-refractivity contribution is -0.707. The first-order valence-corrected chi connectivity index (χ1v) is 10.3. The molecule has 4 heteroatoms. The van der Waals surface area contributed by atoms with Gasteiger partial charge in [0.05, 0.1) is 10.9 Å². The van der Waals surface area contributed by atoms with Crippen LogP contribution in [-0.2, 0) is 13.0 Å². The Kier molecular flexibility index (Phi) is 4.48. The summed E-state index contributed by atoms with van der Waals surface area (Å²) in [5.41, 5.74) is 5.55. The Labute approximate surface area is 175 Å². The number of nitrogens with zero attached hydrogens (tertiary/aromatic N) is 2. The van der Waals surface area contributed by atoms with Gasteiger partial charge >= 0.3 is 0 Å². The maximum absolute atomic E-state index is 13.2. The third-order valence-corrected chi connectivity index (χ3v) is 6.16. The molecule has 0 aliphatic heterocycles. The SMILES string of the molecule is Cc1cn(Cc2ccccc2)c2cc[n+](C3CCc4ccc(Cl)cc4C3=O)cc12. The monoisotopic (exact) mass is 401 g/mol. The van der Waals surface area contributed by atoms with Gasteiger partial charge in [-0.3, -0.25) is 4.79 Å². The molecule has 0 saturated heterocycles. The number of carbonyl (C=O) groups excluding carboxylic acids is 1. The van der Waals surface area contributed by atoms with E-state index in [2.05, 4.69) is 58.8 Å². The van der Waals surface area contributed by atoms with Crippen molar-refractivity contribution in [3.05, 3.63) is 100 Å². The zero-order chi connectivity index (χ0) is 20.0. The highest BCUT2D eigenvalue weighted by molar-refractivity contribution is 6.31. The maximum atomic E-state index is 13.2. The second-order valence-electron chi connectivity index (χ2n) is 7.84. The van der Waals surface area contributed by atoms with Gasteiger partial charge in [0.1, 0.15) is 0 Å². The zero-order valence-corrected chi connectivity index (χ0v) is 17.1. The van der Waals surface area contributed by atoms with E-state index in [-0.39, 0.29) is 11.8 Å². The molecule has 0 fully saturated rings. The van der Waals surface area contributed by atoms with Crippen LogP contribution in [-0.4, -0.2) is 10.4 Å². The number of benzene rings is 2. The third kappa shape index (κ3) is 3.26. The summed E-state index contributed by atoms with van der Waals surface area (Å²) in [7, 11) is 0. The largest absolute Gasteiger partial charge is 0.342 e. The molecule has 0 amide bonds. The Morgan fingerprint density at radius 1 is 1.14 bits per heavy atom. The molecule has 1 aliphatic rings. The zero-order valence-electron chi connectivity index (χ0n) is 16.3. The van der Waals surface area contributed by atoms with Crippen molar-refractivity contribution in [3.63, 3.8) is 0 Å². The summed E-state index contributed by atoms with van der Waals surface area (Å²) >= 11 is 6.14. The number of Topliss-reactive ketones (excluding diaryl/α,β-unsaturated/α-hetero) is 1. The van der Waals surface area contributed by atoms with E-state index in [1.807, 2.05) is 30.5 Å². The van der Waals surface area contributed by atoms with Crippen molar-refractivity contribution in [2.24, 2.45) is 0 Å². The van der Waals surface area contributed by atoms with Crippen molar-refractivity contribution < 1.29 is 9.36 Å². The molecule has 2 heterocycles. The Morgan fingerprint density at radius 2 is 1.97 bits per heavy atom. The lowest BCUT2D eigenvalue weighted by Crippen LogP contribution is -2.45. The normalized spacial score (nSPS) is 16.2. The molecule has 5 rings (SSSR count). The van der Waals surface area contributed by atoms with Crippen molar-refractivity contribution >= 4 is 28.3 Å². The van der Waals surface area contributed by atoms with Gasteiger partial charge in [-0.2, -0.15) is 4.57 Å². The summed E-state index contributed by atoms with van der Waals surface area (Å²) in [4.78, 5) is 13.2. The lowest BCUT2D eigenvalue weighted by Gasteiger charge is -2.20. The second-order valence-corrected chi connectivity index (χ2v) is 8.27. The smallest absolute Gasteiger partial charge is 0.230 e. The molecule has 2 aromatic carbocycles. The van der Waals surface area contributed by atoms with E-state index in [1.54, 1.807) is 0 Å². The molecule has 0 saturated carbocycles. The molecular weight excluding hydrogens is 380 g/mol. The quantitative estimate of drug-likeness (QED) is 0.427. The van der Waals surface area contributed by atoms with Crippen molar-refractivity contribution in [2.75, 3.05) is 0 Å². The first-order valence-electron chi connectivity index (χ1n) is 9.97. The second kappa shape index (κ2) is 7.16. The summed E-state index contributed by atoms with van der Waals surface area (Å²) in [6, 6.07) is 18.1. The van der Waals surface area contributed by atoms with E-state index in [1.165, 1.54) is 22.0 Å².